The highest BCUT2D eigenvalue weighted by molar-refractivity contribution is 6.22. The van der Waals surface area contributed by atoms with Gasteiger partial charge >= 0.3 is 0 Å². The Hall–Kier alpha value is -12.4. The van der Waals surface area contributed by atoms with Crippen LogP contribution in [0.5, 0.6) is 0 Å². The van der Waals surface area contributed by atoms with Gasteiger partial charge in [-0.1, -0.05) is 182 Å². The molecule has 19 rings (SSSR count). The third kappa shape index (κ3) is 6.34. The molecule has 8 nitrogen and oxygen atoms in total. The Morgan fingerprint density at radius 1 is 0.182 bits per heavy atom. The van der Waals surface area contributed by atoms with Gasteiger partial charge in [-0.15, -0.1) is 0 Å². The smallest absolute Gasteiger partial charge is 0.104 e. The van der Waals surface area contributed by atoms with Crippen LogP contribution in [0.4, 0.5) is 0 Å². The van der Waals surface area contributed by atoms with Crippen LogP contribution in [0.25, 0.3) is 165 Å². The molecule has 0 spiro atoms. The fourth-order valence-corrected chi connectivity index (χ4v) is 15.2. The normalized spacial score (nSPS) is 12.1. The summed E-state index contributed by atoms with van der Waals surface area (Å²) in [6.07, 6.45) is 0. The van der Waals surface area contributed by atoms with Crippen molar-refractivity contribution in [3.8, 4) is 46.3 Å². The van der Waals surface area contributed by atoms with E-state index in [1.165, 1.54) is 0 Å². The van der Waals surface area contributed by atoms with E-state index < -0.39 is 0 Å². The van der Waals surface area contributed by atoms with Gasteiger partial charge in [-0.05, 0) is 97.1 Å². The average Bonchev–Trinajstić information content (AvgIpc) is 1.54. The molecule has 0 amide bonds. The summed E-state index contributed by atoms with van der Waals surface area (Å²) in [6.45, 7) is 0. The van der Waals surface area contributed by atoms with Gasteiger partial charge in [-0.2, -0.15) is 10.5 Å². The molecule has 0 saturated heterocycles. The molecule has 0 N–H and O–H groups in total. The lowest BCUT2D eigenvalue weighted by atomic mass is 9.98. The summed E-state index contributed by atoms with van der Waals surface area (Å²) in [4.78, 5) is 0. The van der Waals surface area contributed by atoms with Gasteiger partial charge in [0.15, 0.2) is 0 Å². The maximum Gasteiger partial charge on any atom is 0.104 e. The molecule has 0 saturated carbocycles. The molecule has 0 aliphatic heterocycles. The molecule has 8 heteroatoms. The number of rotatable bonds is 6. The predicted octanol–water partition coefficient (Wildman–Crippen LogP) is 20.0. The molecule has 88 heavy (non-hydrogen) atoms. The summed E-state index contributed by atoms with van der Waals surface area (Å²) >= 11 is 0. The molecule has 0 fully saturated rings. The summed E-state index contributed by atoms with van der Waals surface area (Å²) < 4.78 is 14.0. The maximum absolute atomic E-state index is 12.9. The molecule has 6 aromatic heterocycles. The zero-order chi connectivity index (χ0) is 57.9. The molecular weight excluding hydrogens is 1070 g/mol. The van der Waals surface area contributed by atoms with E-state index >= 15 is 0 Å². The molecular formula is C80H46N8. The summed E-state index contributed by atoms with van der Waals surface area (Å²) in [6, 6.07) is 105. The topological polar surface area (TPSA) is 77.2 Å². The van der Waals surface area contributed by atoms with Crippen LogP contribution < -0.4 is 0 Å². The van der Waals surface area contributed by atoms with Gasteiger partial charge in [0.1, 0.15) is 23.3 Å². The van der Waals surface area contributed by atoms with E-state index in [2.05, 4.69) is 319 Å². The Morgan fingerprint density at radius 3 is 0.682 bits per heavy atom. The number of aromatic nitrogens is 6. The van der Waals surface area contributed by atoms with Crippen molar-refractivity contribution in [2.45, 2.75) is 0 Å². The van der Waals surface area contributed by atoms with Crippen LogP contribution in [0.2, 0.25) is 0 Å². The van der Waals surface area contributed by atoms with Crippen LogP contribution in [-0.4, -0.2) is 27.4 Å². The SMILES string of the molecule is N#Cc1c(-n2c3ccccc3c3ccccc32)c(C#N)c(-n2c3ccccc3c3cc4c5ccccc5n(-c5ccccc5)c4cc32)c(-n2c3ccccc3c3ccccc32)c1-n1c2ccccc2c2cc3c4ccccc4n(-c4ccccc4)c3cc21. The van der Waals surface area contributed by atoms with E-state index in [-0.39, 0.29) is 0 Å². The molecule has 19 aromatic rings. The zero-order valence-corrected chi connectivity index (χ0v) is 47.1. The van der Waals surface area contributed by atoms with E-state index in [1.807, 2.05) is 0 Å². The maximum atomic E-state index is 12.9. The van der Waals surface area contributed by atoms with Gasteiger partial charge in [-0.3, -0.25) is 0 Å². The molecule has 0 bridgehead atoms. The molecule has 0 atom stereocenters. The fourth-order valence-electron chi connectivity index (χ4n) is 15.2. The Labute approximate surface area is 502 Å². The first-order valence-electron chi connectivity index (χ1n) is 29.7. The number of para-hydroxylation sites is 10. The predicted molar refractivity (Wildman–Crippen MR) is 362 cm³/mol. The number of hydrogen-bond donors (Lipinski definition) is 0. The van der Waals surface area contributed by atoms with Crippen molar-refractivity contribution in [1.29, 1.82) is 10.5 Å². The first kappa shape index (κ1) is 48.1. The Kier molecular flexibility index (Phi) is 9.87. The molecule has 0 aliphatic rings. The van der Waals surface area contributed by atoms with Crippen LogP contribution in [0.15, 0.2) is 279 Å². The monoisotopic (exact) mass is 1120 g/mol. The number of nitrogens with zero attached hydrogens (tertiary/aromatic N) is 8. The van der Waals surface area contributed by atoms with Gasteiger partial charge < -0.3 is 27.4 Å². The van der Waals surface area contributed by atoms with Crippen LogP contribution in [0, 0.1) is 22.7 Å². The second-order valence-electron chi connectivity index (χ2n) is 23.0. The van der Waals surface area contributed by atoms with Crippen molar-refractivity contribution in [1.82, 2.24) is 27.4 Å². The number of benzene rings is 13. The van der Waals surface area contributed by atoms with Crippen molar-refractivity contribution >= 4 is 131 Å². The highest BCUT2D eigenvalue weighted by atomic mass is 15.1. The minimum atomic E-state index is 0.349. The van der Waals surface area contributed by atoms with Gasteiger partial charge in [0.2, 0.25) is 0 Å². The van der Waals surface area contributed by atoms with Gasteiger partial charge in [0, 0.05) is 76.0 Å². The quantitative estimate of drug-likeness (QED) is 0.166. The van der Waals surface area contributed by atoms with Crippen molar-refractivity contribution in [3.05, 3.63) is 290 Å². The molecule has 13 aromatic carbocycles. The van der Waals surface area contributed by atoms with Gasteiger partial charge in [-0.25, -0.2) is 0 Å². The minimum absolute atomic E-state index is 0.349. The lowest BCUT2D eigenvalue weighted by Crippen LogP contribution is -2.17. The summed E-state index contributed by atoms with van der Waals surface area (Å²) in [5.41, 5.74) is 16.8. The number of nitriles is 2. The van der Waals surface area contributed by atoms with Crippen LogP contribution in [0.1, 0.15) is 11.1 Å². The highest BCUT2D eigenvalue weighted by Gasteiger charge is 2.35. The number of hydrogen-bond acceptors (Lipinski definition) is 2. The molecule has 0 radical (unpaired) electrons. The van der Waals surface area contributed by atoms with E-state index in [0.29, 0.717) is 33.9 Å². The van der Waals surface area contributed by atoms with E-state index in [1.54, 1.807) is 0 Å². The lowest BCUT2D eigenvalue weighted by Gasteiger charge is -2.27. The standard InChI is InChI=1S/C80H46N8/c81-47-63-77(85-67-37-17-7-27-51(67)52-28-8-18-38-68(52)85)64(48-82)79(88-72-42-22-14-34-58(72)62-44-60-56-32-12-16-36-66(56)84(74(60)46-76(62)88)50-25-5-2-6-26-50)80(86-69-39-19-9-29-53(69)54-30-10-20-40-70(54)86)78(63)87-71-41-21-13-33-57(71)61-43-59-55-31-11-15-35-65(55)83(73(59)45-75(61)87)49-23-3-1-4-24-49/h1-46H. The Bertz CT molecular complexity index is 5950. The Balaban J connectivity index is 1.11. The van der Waals surface area contributed by atoms with Crippen LogP contribution >= 0.6 is 0 Å². The van der Waals surface area contributed by atoms with Crippen LogP contribution in [-0.2, 0) is 0 Å². The molecule has 0 unspecified atom stereocenters. The van der Waals surface area contributed by atoms with Crippen molar-refractivity contribution in [3.63, 3.8) is 0 Å². The molecule has 6 heterocycles. The summed E-state index contributed by atoms with van der Waals surface area (Å²) in [5, 5.41) is 38.6. The van der Waals surface area contributed by atoms with Gasteiger partial charge in [0.25, 0.3) is 0 Å². The third-order valence-corrected chi connectivity index (χ3v) is 18.6. The largest absolute Gasteiger partial charge is 0.309 e. The van der Waals surface area contributed by atoms with E-state index in [0.717, 1.165) is 142 Å². The highest BCUT2D eigenvalue weighted by Crippen LogP contribution is 2.51. The van der Waals surface area contributed by atoms with Gasteiger partial charge in [0.05, 0.1) is 88.9 Å². The third-order valence-electron chi connectivity index (χ3n) is 18.6. The average molecular weight is 1120 g/mol. The molecule has 0 aliphatic carbocycles. The van der Waals surface area contributed by atoms with E-state index in [9.17, 15) is 10.5 Å². The fraction of sp³-hybridized carbons (Fsp3) is 0. The van der Waals surface area contributed by atoms with Crippen LogP contribution in [0.3, 0.4) is 0 Å². The van der Waals surface area contributed by atoms with Crippen molar-refractivity contribution < 1.29 is 0 Å². The minimum Gasteiger partial charge on any atom is -0.309 e. The van der Waals surface area contributed by atoms with Crippen molar-refractivity contribution in [2.75, 3.05) is 0 Å². The zero-order valence-electron chi connectivity index (χ0n) is 47.1. The van der Waals surface area contributed by atoms with E-state index in [4.69, 9.17) is 0 Å². The lowest BCUT2D eigenvalue weighted by molar-refractivity contribution is 1.02. The summed E-state index contributed by atoms with van der Waals surface area (Å²) in [7, 11) is 0. The first-order valence-corrected chi connectivity index (χ1v) is 29.7. The van der Waals surface area contributed by atoms with Crippen molar-refractivity contribution in [2.24, 2.45) is 0 Å². The molecule has 406 valence electrons. The number of fused-ring (bicyclic) bond motifs is 18. The summed E-state index contributed by atoms with van der Waals surface area (Å²) in [5.74, 6) is 0. The Morgan fingerprint density at radius 2 is 0.398 bits per heavy atom. The first-order chi connectivity index (χ1) is 43.7. The second-order valence-corrected chi connectivity index (χ2v) is 23.0. The second kappa shape index (κ2) is 18.1.